The maximum atomic E-state index is 12.7. The lowest BCUT2D eigenvalue weighted by Crippen LogP contribution is -2.49. The molecule has 1 aliphatic rings. The van der Waals surface area contributed by atoms with Gasteiger partial charge in [-0.25, -0.2) is 0 Å². The first kappa shape index (κ1) is 18.2. The molecule has 0 atom stereocenters. The fourth-order valence-electron chi connectivity index (χ4n) is 3.18. The van der Waals surface area contributed by atoms with Crippen molar-refractivity contribution in [2.24, 2.45) is 0 Å². The molecule has 0 spiro atoms. The topological polar surface area (TPSA) is 66.7 Å². The lowest BCUT2D eigenvalue weighted by atomic mass is 10.1. The molecule has 1 aliphatic heterocycles. The van der Waals surface area contributed by atoms with Gasteiger partial charge in [0.15, 0.2) is 0 Å². The minimum Gasteiger partial charge on any atom is -0.368 e. The molecule has 26 heavy (non-hydrogen) atoms. The van der Waals surface area contributed by atoms with Crippen molar-refractivity contribution in [3.05, 3.63) is 68.2 Å². The lowest BCUT2D eigenvalue weighted by molar-refractivity contribution is -0.384. The second-order valence-electron chi connectivity index (χ2n) is 6.49. The second kappa shape index (κ2) is 7.33. The standard InChI is InChI=1S/C19H20ClN3O3/c1-13-3-4-14(2)17(11-13)21-7-9-22(10-8-21)19(24)15-5-6-16(20)18(12-15)23(25)26/h3-6,11-12H,7-10H2,1-2H3. The van der Waals surface area contributed by atoms with Crippen LogP contribution in [-0.2, 0) is 0 Å². The Morgan fingerprint density at radius 2 is 1.77 bits per heavy atom. The number of carbonyl (C=O) groups excluding carboxylic acids is 1. The first-order valence-corrected chi connectivity index (χ1v) is 8.80. The SMILES string of the molecule is Cc1ccc(C)c(N2CCN(C(=O)c3ccc(Cl)c([N+](=O)[O-])c3)CC2)c1. The first-order chi connectivity index (χ1) is 12.4. The van der Waals surface area contributed by atoms with Crippen molar-refractivity contribution in [3.8, 4) is 0 Å². The van der Waals surface area contributed by atoms with E-state index in [4.69, 9.17) is 11.6 Å². The summed E-state index contributed by atoms with van der Waals surface area (Å²) in [7, 11) is 0. The van der Waals surface area contributed by atoms with Crippen LogP contribution in [0.25, 0.3) is 0 Å². The number of nitrogens with zero attached hydrogens (tertiary/aromatic N) is 3. The smallest absolute Gasteiger partial charge is 0.288 e. The van der Waals surface area contributed by atoms with E-state index in [0.29, 0.717) is 18.7 Å². The summed E-state index contributed by atoms with van der Waals surface area (Å²) in [5, 5.41) is 11.1. The third-order valence-corrected chi connectivity index (χ3v) is 4.98. The molecule has 0 aliphatic carbocycles. The van der Waals surface area contributed by atoms with Gasteiger partial charge < -0.3 is 9.80 Å². The molecule has 136 valence electrons. The number of aryl methyl sites for hydroxylation is 2. The van der Waals surface area contributed by atoms with Crippen LogP contribution in [0.15, 0.2) is 36.4 Å². The van der Waals surface area contributed by atoms with Crippen LogP contribution in [0.1, 0.15) is 21.5 Å². The van der Waals surface area contributed by atoms with Gasteiger partial charge in [-0.05, 0) is 43.2 Å². The summed E-state index contributed by atoms with van der Waals surface area (Å²) in [5.41, 5.74) is 3.66. The van der Waals surface area contributed by atoms with E-state index in [2.05, 4.69) is 36.9 Å². The van der Waals surface area contributed by atoms with Crippen molar-refractivity contribution in [2.75, 3.05) is 31.1 Å². The van der Waals surface area contributed by atoms with Gasteiger partial charge in [-0.3, -0.25) is 14.9 Å². The number of halogens is 1. The first-order valence-electron chi connectivity index (χ1n) is 8.42. The molecule has 0 N–H and O–H groups in total. The van der Waals surface area contributed by atoms with E-state index in [0.717, 1.165) is 13.1 Å². The van der Waals surface area contributed by atoms with E-state index in [9.17, 15) is 14.9 Å². The van der Waals surface area contributed by atoms with Crippen LogP contribution < -0.4 is 4.90 Å². The number of nitro groups is 1. The molecule has 7 heteroatoms. The predicted molar refractivity (Wildman–Crippen MR) is 102 cm³/mol. The van der Waals surface area contributed by atoms with E-state index in [1.54, 1.807) is 4.90 Å². The molecule has 1 amide bonds. The molecule has 1 heterocycles. The molecule has 1 fully saturated rings. The fraction of sp³-hybridized carbons (Fsp3) is 0.316. The molecule has 0 saturated carbocycles. The van der Waals surface area contributed by atoms with Crippen LogP contribution in [0.3, 0.4) is 0 Å². The lowest BCUT2D eigenvalue weighted by Gasteiger charge is -2.37. The minimum atomic E-state index is -0.572. The summed E-state index contributed by atoms with van der Waals surface area (Å²) >= 11 is 5.82. The average molecular weight is 374 g/mol. The Morgan fingerprint density at radius 3 is 2.42 bits per heavy atom. The van der Waals surface area contributed by atoms with Crippen molar-refractivity contribution in [2.45, 2.75) is 13.8 Å². The normalized spacial score (nSPS) is 14.4. The molecular weight excluding hydrogens is 354 g/mol. The van der Waals surface area contributed by atoms with E-state index >= 15 is 0 Å². The third kappa shape index (κ3) is 3.65. The number of anilines is 1. The summed E-state index contributed by atoms with van der Waals surface area (Å²) < 4.78 is 0. The van der Waals surface area contributed by atoms with Crippen molar-refractivity contribution < 1.29 is 9.72 Å². The van der Waals surface area contributed by atoms with Gasteiger partial charge in [-0.1, -0.05) is 23.7 Å². The molecule has 2 aromatic carbocycles. The Kier molecular flexibility index (Phi) is 5.13. The third-order valence-electron chi connectivity index (χ3n) is 4.66. The van der Waals surface area contributed by atoms with Gasteiger partial charge in [0.1, 0.15) is 5.02 Å². The highest BCUT2D eigenvalue weighted by Crippen LogP contribution is 2.27. The Balaban J connectivity index is 1.72. The Morgan fingerprint density at radius 1 is 1.08 bits per heavy atom. The quantitative estimate of drug-likeness (QED) is 0.605. The van der Waals surface area contributed by atoms with Gasteiger partial charge in [0.2, 0.25) is 0 Å². The summed E-state index contributed by atoms with van der Waals surface area (Å²) in [6, 6.07) is 10.5. The molecule has 0 aromatic heterocycles. The van der Waals surface area contributed by atoms with Gasteiger partial charge in [0.05, 0.1) is 4.92 Å². The van der Waals surface area contributed by atoms with Crippen LogP contribution in [0, 0.1) is 24.0 Å². The minimum absolute atomic E-state index is 0.0336. The number of piperazine rings is 1. The number of rotatable bonds is 3. The summed E-state index contributed by atoms with van der Waals surface area (Å²) in [6.45, 7) is 6.75. The van der Waals surface area contributed by atoms with Gasteiger partial charge in [-0.2, -0.15) is 0 Å². The number of benzene rings is 2. The van der Waals surface area contributed by atoms with E-state index < -0.39 is 4.92 Å². The van der Waals surface area contributed by atoms with E-state index in [-0.39, 0.29) is 16.6 Å². The average Bonchev–Trinajstić information content (AvgIpc) is 2.63. The zero-order chi connectivity index (χ0) is 18.8. The van der Waals surface area contributed by atoms with Crippen LogP contribution >= 0.6 is 11.6 Å². The van der Waals surface area contributed by atoms with Gasteiger partial charge >= 0.3 is 0 Å². The van der Waals surface area contributed by atoms with Crippen LogP contribution in [-0.4, -0.2) is 41.9 Å². The zero-order valence-corrected chi connectivity index (χ0v) is 15.5. The van der Waals surface area contributed by atoms with Gasteiger partial charge in [0.25, 0.3) is 11.6 Å². The van der Waals surface area contributed by atoms with E-state index in [1.165, 1.54) is 35.0 Å². The van der Waals surface area contributed by atoms with Gasteiger partial charge in [-0.15, -0.1) is 0 Å². The zero-order valence-electron chi connectivity index (χ0n) is 14.7. The molecule has 0 unspecified atom stereocenters. The molecule has 0 radical (unpaired) electrons. The van der Waals surface area contributed by atoms with Crippen LogP contribution in [0.5, 0.6) is 0 Å². The summed E-state index contributed by atoms with van der Waals surface area (Å²) in [6.07, 6.45) is 0. The Bertz CT molecular complexity index is 861. The largest absolute Gasteiger partial charge is 0.368 e. The highest BCUT2D eigenvalue weighted by molar-refractivity contribution is 6.32. The fourth-order valence-corrected chi connectivity index (χ4v) is 3.37. The highest BCUT2D eigenvalue weighted by Gasteiger charge is 2.25. The van der Waals surface area contributed by atoms with Crippen molar-refractivity contribution in [3.63, 3.8) is 0 Å². The van der Waals surface area contributed by atoms with Gasteiger partial charge in [0, 0.05) is 43.5 Å². The number of nitro benzene ring substituents is 1. The van der Waals surface area contributed by atoms with Crippen molar-refractivity contribution in [1.82, 2.24) is 4.90 Å². The molecule has 1 saturated heterocycles. The number of hydrogen-bond acceptors (Lipinski definition) is 4. The highest BCUT2D eigenvalue weighted by atomic mass is 35.5. The second-order valence-corrected chi connectivity index (χ2v) is 6.90. The summed E-state index contributed by atoms with van der Waals surface area (Å²) in [5.74, 6) is -0.203. The summed E-state index contributed by atoms with van der Waals surface area (Å²) in [4.78, 5) is 27.1. The molecular formula is C19H20ClN3O3. The molecule has 0 bridgehead atoms. The van der Waals surface area contributed by atoms with Crippen LogP contribution in [0.2, 0.25) is 5.02 Å². The maximum Gasteiger partial charge on any atom is 0.288 e. The Labute approximate surface area is 157 Å². The van der Waals surface area contributed by atoms with Crippen molar-refractivity contribution >= 4 is 28.9 Å². The molecule has 6 nitrogen and oxygen atoms in total. The predicted octanol–water partition coefficient (Wildman–Crippen LogP) is 3.83. The maximum absolute atomic E-state index is 12.7. The number of amides is 1. The number of hydrogen-bond donors (Lipinski definition) is 0. The Hall–Kier alpha value is -2.60. The van der Waals surface area contributed by atoms with Crippen LogP contribution in [0.4, 0.5) is 11.4 Å². The molecule has 2 aromatic rings. The van der Waals surface area contributed by atoms with E-state index in [1.807, 2.05) is 0 Å². The monoisotopic (exact) mass is 373 g/mol. The number of carbonyl (C=O) groups is 1. The molecule has 3 rings (SSSR count). The van der Waals surface area contributed by atoms with Crippen molar-refractivity contribution in [1.29, 1.82) is 0 Å².